The lowest BCUT2D eigenvalue weighted by molar-refractivity contribution is 1.14. The van der Waals surface area contributed by atoms with Crippen LogP contribution in [0.4, 0.5) is 0 Å². The molecule has 31 heavy (non-hydrogen) atoms. The van der Waals surface area contributed by atoms with Crippen LogP contribution in [0, 0.1) is 0 Å². The van der Waals surface area contributed by atoms with E-state index in [0.717, 1.165) is 33.4 Å². The van der Waals surface area contributed by atoms with Gasteiger partial charge in [-0.15, -0.1) is 0 Å². The first-order chi connectivity index (χ1) is 15.4. The SMILES string of the molecule is c1cncc(-c2ccc3c4c(-c5cccnc5)cccc4n(-c4cccnc4)c3c2)c1. The van der Waals surface area contributed by atoms with E-state index in [1.54, 1.807) is 12.4 Å². The second-order valence-electron chi connectivity index (χ2n) is 7.46. The number of aromatic nitrogens is 4. The summed E-state index contributed by atoms with van der Waals surface area (Å²) < 4.78 is 2.29. The molecule has 0 unspecified atom stereocenters. The maximum absolute atomic E-state index is 4.37. The second-order valence-corrected chi connectivity index (χ2v) is 7.46. The molecule has 4 heterocycles. The fourth-order valence-electron chi connectivity index (χ4n) is 4.31. The van der Waals surface area contributed by atoms with E-state index in [4.69, 9.17) is 0 Å². The lowest BCUT2D eigenvalue weighted by atomic mass is 9.99. The van der Waals surface area contributed by atoms with E-state index in [1.807, 2.05) is 43.0 Å². The van der Waals surface area contributed by atoms with E-state index in [1.165, 1.54) is 16.3 Å². The van der Waals surface area contributed by atoms with Crippen molar-refractivity contribution in [3.05, 3.63) is 110 Å². The van der Waals surface area contributed by atoms with E-state index in [-0.39, 0.29) is 0 Å². The van der Waals surface area contributed by atoms with Gasteiger partial charge in [0.25, 0.3) is 0 Å². The first kappa shape index (κ1) is 17.5. The van der Waals surface area contributed by atoms with Gasteiger partial charge in [-0.05, 0) is 47.5 Å². The van der Waals surface area contributed by atoms with Gasteiger partial charge in [0.05, 0.1) is 22.9 Å². The number of fused-ring (bicyclic) bond motifs is 3. The van der Waals surface area contributed by atoms with Gasteiger partial charge in [-0.3, -0.25) is 15.0 Å². The standard InChI is InChI=1S/C27H18N4/c1-8-23(21-6-3-13-29-17-21)27-24-11-10-19(20-5-2-12-28-16-20)15-26(24)31(25(27)9-1)22-7-4-14-30-18-22/h1-18H. The van der Waals surface area contributed by atoms with Gasteiger partial charge in [-0.1, -0.05) is 36.4 Å². The molecule has 0 bridgehead atoms. The highest BCUT2D eigenvalue weighted by atomic mass is 15.0. The smallest absolute Gasteiger partial charge is 0.0645 e. The molecule has 0 aliphatic rings. The largest absolute Gasteiger partial charge is 0.308 e. The third-order valence-corrected chi connectivity index (χ3v) is 5.66. The summed E-state index contributed by atoms with van der Waals surface area (Å²) >= 11 is 0. The number of pyridine rings is 3. The average molecular weight is 398 g/mol. The van der Waals surface area contributed by atoms with Crippen molar-refractivity contribution in [2.24, 2.45) is 0 Å². The van der Waals surface area contributed by atoms with Crippen LogP contribution < -0.4 is 0 Å². The minimum absolute atomic E-state index is 1.04. The van der Waals surface area contributed by atoms with Crippen molar-refractivity contribution >= 4 is 21.8 Å². The average Bonchev–Trinajstić information content (AvgIpc) is 3.19. The normalized spacial score (nSPS) is 11.2. The van der Waals surface area contributed by atoms with E-state index in [2.05, 4.69) is 74.1 Å². The Balaban J connectivity index is 1.74. The summed E-state index contributed by atoms with van der Waals surface area (Å²) in [5.41, 5.74) is 7.83. The molecule has 4 nitrogen and oxygen atoms in total. The fraction of sp³-hybridized carbons (Fsp3) is 0. The monoisotopic (exact) mass is 398 g/mol. The molecule has 0 atom stereocenters. The van der Waals surface area contributed by atoms with E-state index >= 15 is 0 Å². The highest BCUT2D eigenvalue weighted by Gasteiger charge is 2.17. The molecule has 0 fully saturated rings. The molecule has 0 saturated heterocycles. The lowest BCUT2D eigenvalue weighted by Crippen LogP contribution is -1.94. The van der Waals surface area contributed by atoms with Crippen LogP contribution in [0.5, 0.6) is 0 Å². The Labute approximate surface area is 179 Å². The summed E-state index contributed by atoms with van der Waals surface area (Å²) in [5, 5.41) is 2.41. The summed E-state index contributed by atoms with van der Waals surface area (Å²) in [4.78, 5) is 13.0. The summed E-state index contributed by atoms with van der Waals surface area (Å²) in [5.74, 6) is 0. The van der Waals surface area contributed by atoms with Crippen LogP contribution in [0.3, 0.4) is 0 Å². The highest BCUT2D eigenvalue weighted by Crippen LogP contribution is 2.39. The molecule has 0 spiro atoms. The molecule has 146 valence electrons. The van der Waals surface area contributed by atoms with Gasteiger partial charge in [0.2, 0.25) is 0 Å². The summed E-state index contributed by atoms with van der Waals surface area (Å²) in [6.07, 6.45) is 11.1. The van der Waals surface area contributed by atoms with Crippen LogP contribution in [-0.2, 0) is 0 Å². The van der Waals surface area contributed by atoms with Crippen LogP contribution >= 0.6 is 0 Å². The van der Waals surface area contributed by atoms with Gasteiger partial charge in [-0.2, -0.15) is 0 Å². The third kappa shape index (κ3) is 2.89. The van der Waals surface area contributed by atoms with Crippen molar-refractivity contribution in [3.63, 3.8) is 0 Å². The van der Waals surface area contributed by atoms with Crippen molar-refractivity contribution < 1.29 is 0 Å². The van der Waals surface area contributed by atoms with Gasteiger partial charge in [0.1, 0.15) is 0 Å². The zero-order valence-corrected chi connectivity index (χ0v) is 16.7. The Morgan fingerprint density at radius 2 is 1.29 bits per heavy atom. The summed E-state index contributed by atoms with van der Waals surface area (Å²) in [6, 6.07) is 25.3. The van der Waals surface area contributed by atoms with Crippen LogP contribution in [0.15, 0.2) is 110 Å². The van der Waals surface area contributed by atoms with Gasteiger partial charge in [0.15, 0.2) is 0 Å². The molecule has 2 aromatic carbocycles. The van der Waals surface area contributed by atoms with Crippen molar-refractivity contribution in [1.82, 2.24) is 19.5 Å². The fourth-order valence-corrected chi connectivity index (χ4v) is 4.31. The molecule has 0 N–H and O–H groups in total. The van der Waals surface area contributed by atoms with E-state index in [0.29, 0.717) is 0 Å². The highest BCUT2D eigenvalue weighted by molar-refractivity contribution is 6.16. The molecule has 4 heteroatoms. The van der Waals surface area contributed by atoms with Crippen LogP contribution in [0.1, 0.15) is 0 Å². The summed E-state index contributed by atoms with van der Waals surface area (Å²) in [6.45, 7) is 0. The van der Waals surface area contributed by atoms with Crippen molar-refractivity contribution in [1.29, 1.82) is 0 Å². The second kappa shape index (κ2) is 7.18. The third-order valence-electron chi connectivity index (χ3n) is 5.66. The molecule has 6 rings (SSSR count). The predicted molar refractivity (Wildman–Crippen MR) is 125 cm³/mol. The van der Waals surface area contributed by atoms with Crippen molar-refractivity contribution in [2.45, 2.75) is 0 Å². The molecule has 6 aromatic rings. The Kier molecular flexibility index (Phi) is 4.06. The molecule has 0 saturated carbocycles. The maximum Gasteiger partial charge on any atom is 0.0645 e. The van der Waals surface area contributed by atoms with E-state index < -0.39 is 0 Å². The Morgan fingerprint density at radius 1 is 0.548 bits per heavy atom. The number of hydrogen-bond acceptors (Lipinski definition) is 3. The summed E-state index contributed by atoms with van der Waals surface area (Å²) in [7, 11) is 0. The number of benzene rings is 2. The number of nitrogens with zero attached hydrogens (tertiary/aromatic N) is 4. The molecule has 4 aromatic heterocycles. The zero-order valence-electron chi connectivity index (χ0n) is 16.7. The van der Waals surface area contributed by atoms with Crippen LogP contribution in [0.2, 0.25) is 0 Å². The quantitative estimate of drug-likeness (QED) is 0.351. The maximum atomic E-state index is 4.37. The Morgan fingerprint density at radius 3 is 2.00 bits per heavy atom. The molecule has 0 radical (unpaired) electrons. The van der Waals surface area contributed by atoms with Gasteiger partial charge < -0.3 is 4.57 Å². The molecule has 0 aliphatic carbocycles. The van der Waals surface area contributed by atoms with Crippen molar-refractivity contribution in [3.8, 4) is 27.9 Å². The first-order valence-electron chi connectivity index (χ1n) is 10.2. The van der Waals surface area contributed by atoms with Crippen LogP contribution in [0.25, 0.3) is 49.7 Å². The Bertz CT molecular complexity index is 1510. The number of hydrogen-bond donors (Lipinski definition) is 0. The molecule has 0 aliphatic heterocycles. The lowest BCUT2D eigenvalue weighted by Gasteiger charge is -2.08. The minimum atomic E-state index is 1.04. The molecular weight excluding hydrogens is 380 g/mol. The molecule has 0 amide bonds. The minimum Gasteiger partial charge on any atom is -0.308 e. The zero-order chi connectivity index (χ0) is 20.6. The first-order valence-corrected chi connectivity index (χ1v) is 10.2. The van der Waals surface area contributed by atoms with Crippen molar-refractivity contribution in [2.75, 3.05) is 0 Å². The molecular formula is C27H18N4. The van der Waals surface area contributed by atoms with Gasteiger partial charge >= 0.3 is 0 Å². The van der Waals surface area contributed by atoms with Gasteiger partial charge in [0, 0.05) is 52.9 Å². The Hall–Kier alpha value is -4.31. The predicted octanol–water partition coefficient (Wildman–Crippen LogP) is 6.30. The van der Waals surface area contributed by atoms with E-state index in [9.17, 15) is 0 Å². The topological polar surface area (TPSA) is 43.6 Å². The van der Waals surface area contributed by atoms with Gasteiger partial charge in [-0.25, -0.2) is 0 Å². The van der Waals surface area contributed by atoms with Crippen LogP contribution in [-0.4, -0.2) is 19.5 Å². The number of rotatable bonds is 3.